The van der Waals surface area contributed by atoms with E-state index in [-0.39, 0.29) is 5.56 Å². The van der Waals surface area contributed by atoms with Gasteiger partial charge < -0.3 is 14.8 Å². The Morgan fingerprint density at radius 1 is 1.21 bits per heavy atom. The smallest absolute Gasteiger partial charge is 0.259 e. The molecule has 2 heterocycles. The van der Waals surface area contributed by atoms with Crippen molar-refractivity contribution in [1.82, 2.24) is 14.9 Å². The molecule has 0 bridgehead atoms. The van der Waals surface area contributed by atoms with Gasteiger partial charge in [-0.1, -0.05) is 27.7 Å². The lowest BCUT2D eigenvalue weighted by Gasteiger charge is -2.25. The summed E-state index contributed by atoms with van der Waals surface area (Å²) in [4.78, 5) is 24.8. The Morgan fingerprint density at radius 2 is 2.00 bits per heavy atom. The van der Waals surface area contributed by atoms with Gasteiger partial charge in [-0.2, -0.15) is 0 Å². The van der Waals surface area contributed by atoms with Crippen LogP contribution in [0.15, 0.2) is 4.79 Å². The van der Waals surface area contributed by atoms with Gasteiger partial charge in [0.2, 0.25) is 0 Å². The minimum Gasteiger partial charge on any atom is -0.389 e. The molecule has 2 aromatic rings. The molecular weight excluding hydrogens is 386 g/mol. The maximum atomic E-state index is 12.7. The van der Waals surface area contributed by atoms with Crippen molar-refractivity contribution >= 4 is 21.6 Å². The van der Waals surface area contributed by atoms with E-state index >= 15 is 0 Å². The lowest BCUT2D eigenvalue weighted by atomic mass is 10.1. The number of aromatic amines is 1. The van der Waals surface area contributed by atoms with Gasteiger partial charge >= 0.3 is 0 Å². The van der Waals surface area contributed by atoms with Gasteiger partial charge in [0.1, 0.15) is 10.7 Å². The maximum Gasteiger partial charge on any atom is 0.259 e. The van der Waals surface area contributed by atoms with Crippen LogP contribution in [0.25, 0.3) is 10.2 Å². The molecule has 0 aromatic carbocycles. The molecule has 0 amide bonds. The van der Waals surface area contributed by atoms with Crippen molar-refractivity contribution in [3.05, 3.63) is 26.6 Å². The fourth-order valence-corrected chi connectivity index (χ4v) is 5.08. The highest BCUT2D eigenvalue weighted by Gasteiger charge is 2.22. The number of aromatic nitrogens is 2. The summed E-state index contributed by atoms with van der Waals surface area (Å²) < 4.78 is 5.60. The Balaban J connectivity index is 1.70. The van der Waals surface area contributed by atoms with Crippen LogP contribution in [-0.2, 0) is 24.1 Å². The maximum absolute atomic E-state index is 12.7. The SMILES string of the molecule is CC(C)CCN(Cc1nc2sc3c(c2c(=O)[nH]1)CCC3)C[C@@H](O)COCC(C)C. The molecule has 1 aliphatic carbocycles. The molecule has 0 saturated carbocycles. The number of ether oxygens (including phenoxy) is 1. The summed E-state index contributed by atoms with van der Waals surface area (Å²) in [5, 5.41) is 11.2. The van der Waals surface area contributed by atoms with Crippen LogP contribution in [0.4, 0.5) is 0 Å². The van der Waals surface area contributed by atoms with Crippen LogP contribution in [0.3, 0.4) is 0 Å². The third-order valence-electron chi connectivity index (χ3n) is 5.25. The van der Waals surface area contributed by atoms with E-state index in [0.717, 1.165) is 42.4 Å². The van der Waals surface area contributed by atoms with Gasteiger partial charge in [0.25, 0.3) is 5.56 Å². The van der Waals surface area contributed by atoms with E-state index in [1.807, 2.05) is 0 Å². The van der Waals surface area contributed by atoms with E-state index in [4.69, 9.17) is 9.72 Å². The highest BCUT2D eigenvalue weighted by molar-refractivity contribution is 7.18. The number of rotatable bonds is 11. The van der Waals surface area contributed by atoms with Gasteiger partial charge in [0, 0.05) is 18.0 Å². The fourth-order valence-electron chi connectivity index (χ4n) is 3.80. The number of aryl methyl sites for hydroxylation is 2. The molecule has 1 aliphatic rings. The highest BCUT2D eigenvalue weighted by Crippen LogP contribution is 2.34. The summed E-state index contributed by atoms with van der Waals surface area (Å²) in [7, 11) is 0. The fraction of sp³-hybridized carbons (Fsp3) is 0.727. The molecule has 2 N–H and O–H groups in total. The van der Waals surface area contributed by atoms with Crippen LogP contribution in [0, 0.1) is 11.8 Å². The second kappa shape index (κ2) is 10.2. The zero-order chi connectivity index (χ0) is 21.0. The van der Waals surface area contributed by atoms with Crippen molar-refractivity contribution in [2.75, 3.05) is 26.3 Å². The molecule has 3 rings (SSSR count). The zero-order valence-corrected chi connectivity index (χ0v) is 19.0. The molecule has 0 radical (unpaired) electrons. The van der Waals surface area contributed by atoms with E-state index in [9.17, 15) is 9.90 Å². The number of nitrogens with zero attached hydrogens (tertiary/aromatic N) is 2. The van der Waals surface area contributed by atoms with Crippen molar-refractivity contribution in [3.8, 4) is 0 Å². The first kappa shape index (κ1) is 22.4. The Hall–Kier alpha value is -1.28. The molecule has 1 atom stereocenters. The van der Waals surface area contributed by atoms with E-state index in [2.05, 4.69) is 37.6 Å². The minimum absolute atomic E-state index is 0.0194. The Kier molecular flexibility index (Phi) is 7.85. The van der Waals surface area contributed by atoms with E-state index in [0.29, 0.717) is 44.0 Å². The molecular formula is C22H35N3O3S. The van der Waals surface area contributed by atoms with Gasteiger partial charge in [-0.15, -0.1) is 11.3 Å². The second-order valence-corrected chi connectivity index (χ2v) is 10.1. The number of hydrogen-bond donors (Lipinski definition) is 2. The van der Waals surface area contributed by atoms with Gasteiger partial charge in [0.05, 0.1) is 24.6 Å². The lowest BCUT2D eigenvalue weighted by molar-refractivity contribution is 0.00592. The number of aliphatic hydroxyl groups excluding tert-OH is 1. The summed E-state index contributed by atoms with van der Waals surface area (Å²) in [5.74, 6) is 1.70. The molecule has 29 heavy (non-hydrogen) atoms. The highest BCUT2D eigenvalue weighted by atomic mass is 32.1. The quantitative estimate of drug-likeness (QED) is 0.582. The minimum atomic E-state index is -0.554. The number of H-pyrrole nitrogens is 1. The molecule has 0 unspecified atom stereocenters. The summed E-state index contributed by atoms with van der Waals surface area (Å²) in [6, 6.07) is 0. The van der Waals surface area contributed by atoms with Gasteiger partial charge in [-0.05, 0) is 49.6 Å². The predicted octanol–water partition coefficient (Wildman–Crippen LogP) is 3.35. The second-order valence-electron chi connectivity index (χ2n) is 9.05. The van der Waals surface area contributed by atoms with Crippen molar-refractivity contribution in [1.29, 1.82) is 0 Å². The average Bonchev–Trinajstić information content (AvgIpc) is 3.19. The van der Waals surface area contributed by atoms with Gasteiger partial charge in [0.15, 0.2) is 0 Å². The van der Waals surface area contributed by atoms with E-state index in [1.165, 1.54) is 10.4 Å². The predicted molar refractivity (Wildman–Crippen MR) is 119 cm³/mol. The van der Waals surface area contributed by atoms with Gasteiger partial charge in [-0.3, -0.25) is 9.69 Å². The van der Waals surface area contributed by atoms with Crippen LogP contribution in [0.2, 0.25) is 0 Å². The van der Waals surface area contributed by atoms with Crippen LogP contribution < -0.4 is 5.56 Å². The first-order chi connectivity index (χ1) is 13.8. The topological polar surface area (TPSA) is 78.5 Å². The van der Waals surface area contributed by atoms with Crippen molar-refractivity contribution < 1.29 is 9.84 Å². The van der Waals surface area contributed by atoms with Crippen molar-refractivity contribution in [3.63, 3.8) is 0 Å². The molecule has 0 saturated heterocycles. The first-order valence-electron chi connectivity index (χ1n) is 10.8. The summed E-state index contributed by atoms with van der Waals surface area (Å²) in [6.45, 7) is 11.4. The normalized spacial score (nSPS) is 15.2. The molecule has 0 fully saturated rings. The average molecular weight is 422 g/mol. The number of nitrogens with one attached hydrogen (secondary N) is 1. The van der Waals surface area contributed by atoms with Crippen LogP contribution in [0.5, 0.6) is 0 Å². The summed E-state index contributed by atoms with van der Waals surface area (Å²) in [6.07, 6.45) is 3.66. The van der Waals surface area contributed by atoms with E-state index < -0.39 is 6.10 Å². The number of fused-ring (bicyclic) bond motifs is 3. The third-order valence-corrected chi connectivity index (χ3v) is 6.44. The summed E-state index contributed by atoms with van der Waals surface area (Å²) in [5.41, 5.74) is 1.19. The van der Waals surface area contributed by atoms with Crippen molar-refractivity contribution in [2.45, 2.75) is 66.0 Å². The molecule has 7 heteroatoms. The number of thiophene rings is 1. The van der Waals surface area contributed by atoms with Crippen LogP contribution in [-0.4, -0.2) is 52.4 Å². The van der Waals surface area contributed by atoms with Crippen molar-refractivity contribution in [2.24, 2.45) is 11.8 Å². The monoisotopic (exact) mass is 421 g/mol. The zero-order valence-electron chi connectivity index (χ0n) is 18.2. The molecule has 162 valence electrons. The number of hydrogen-bond acceptors (Lipinski definition) is 6. The van der Waals surface area contributed by atoms with Crippen LogP contribution in [0.1, 0.15) is 56.8 Å². The van der Waals surface area contributed by atoms with Crippen LogP contribution >= 0.6 is 11.3 Å². The largest absolute Gasteiger partial charge is 0.389 e. The van der Waals surface area contributed by atoms with Gasteiger partial charge in [-0.25, -0.2) is 4.98 Å². The van der Waals surface area contributed by atoms with E-state index in [1.54, 1.807) is 11.3 Å². The number of aliphatic hydroxyl groups is 1. The molecule has 0 aliphatic heterocycles. The molecule has 2 aromatic heterocycles. The molecule has 6 nitrogen and oxygen atoms in total. The lowest BCUT2D eigenvalue weighted by Crippen LogP contribution is -2.36. The first-order valence-corrected chi connectivity index (χ1v) is 11.7. The Labute approximate surface area is 177 Å². The summed E-state index contributed by atoms with van der Waals surface area (Å²) >= 11 is 1.67. The Morgan fingerprint density at radius 3 is 2.72 bits per heavy atom. The molecule has 0 spiro atoms. The Bertz CT molecular complexity index is 859. The third kappa shape index (κ3) is 6.10. The standard InChI is InChI=1S/C22H35N3O3S/c1-14(2)8-9-25(10-16(26)13-28-12-15(3)4)11-19-23-21(27)20-17-6-5-7-18(17)29-22(20)24-19/h14-16,26H,5-13H2,1-4H3,(H,23,24,27)/t16-/m1/s1.